The van der Waals surface area contributed by atoms with E-state index in [1.165, 1.54) is 16.8 Å². The molecule has 2 heterocycles. The van der Waals surface area contributed by atoms with E-state index in [-0.39, 0.29) is 29.3 Å². The van der Waals surface area contributed by atoms with Crippen LogP contribution in [0.25, 0.3) is 5.69 Å². The predicted octanol–water partition coefficient (Wildman–Crippen LogP) is 2.72. The van der Waals surface area contributed by atoms with Crippen LogP contribution in [0.3, 0.4) is 0 Å². The number of nitrogens with zero attached hydrogens (tertiary/aromatic N) is 5. The van der Waals surface area contributed by atoms with Crippen LogP contribution in [0.1, 0.15) is 30.8 Å². The van der Waals surface area contributed by atoms with Crippen LogP contribution in [-0.4, -0.2) is 69.3 Å². The molecule has 0 aliphatic carbocycles. The third kappa shape index (κ3) is 5.13. The number of amides is 2. The molecule has 1 saturated heterocycles. The Labute approximate surface area is 174 Å². The van der Waals surface area contributed by atoms with Crippen LogP contribution >= 0.6 is 0 Å². The number of nitro benzene ring substituents is 1. The Kier molecular flexibility index (Phi) is 6.65. The molecule has 10 nitrogen and oxygen atoms in total. The summed E-state index contributed by atoms with van der Waals surface area (Å²) in [6, 6.07) is 7.63. The Morgan fingerprint density at radius 2 is 1.90 bits per heavy atom. The Bertz CT molecular complexity index is 926. The maximum Gasteiger partial charge on any atom is 0.409 e. The Balaban J connectivity index is 1.64. The first kappa shape index (κ1) is 21.3. The predicted molar refractivity (Wildman–Crippen MR) is 108 cm³/mol. The minimum absolute atomic E-state index is 0.0483. The first-order valence-electron chi connectivity index (χ1n) is 9.86. The number of hydrogen-bond acceptors (Lipinski definition) is 6. The van der Waals surface area contributed by atoms with Gasteiger partial charge in [0.1, 0.15) is 0 Å². The van der Waals surface area contributed by atoms with Crippen molar-refractivity contribution in [1.29, 1.82) is 0 Å². The molecule has 1 aromatic heterocycles. The molecular weight excluding hydrogens is 390 g/mol. The van der Waals surface area contributed by atoms with Crippen LogP contribution < -0.4 is 0 Å². The molecule has 160 valence electrons. The highest BCUT2D eigenvalue weighted by molar-refractivity contribution is 5.92. The molecule has 0 spiro atoms. The quantitative estimate of drug-likeness (QED) is 0.548. The monoisotopic (exact) mass is 415 g/mol. The molecule has 0 radical (unpaired) electrons. The van der Waals surface area contributed by atoms with Crippen LogP contribution in [0, 0.1) is 16.0 Å². The fraction of sp³-hybridized carbons (Fsp3) is 0.450. The average molecular weight is 415 g/mol. The number of rotatable bonds is 5. The van der Waals surface area contributed by atoms with E-state index in [0.29, 0.717) is 44.9 Å². The molecule has 1 aromatic carbocycles. The van der Waals surface area contributed by atoms with Crippen LogP contribution in [0.4, 0.5) is 10.5 Å². The van der Waals surface area contributed by atoms with E-state index < -0.39 is 4.92 Å². The fourth-order valence-corrected chi connectivity index (χ4v) is 3.13. The summed E-state index contributed by atoms with van der Waals surface area (Å²) in [5.74, 6) is 0.0248. The summed E-state index contributed by atoms with van der Waals surface area (Å²) in [4.78, 5) is 38.8. The summed E-state index contributed by atoms with van der Waals surface area (Å²) < 4.78 is 6.72. The standard InChI is InChI=1S/C20H25N5O5/c1-15(2)14-30-20(27)23-9-4-8-22(11-12-23)19(26)18-7-10-24(21-18)16-5-3-6-17(13-16)25(28)29/h3,5-7,10,13,15H,4,8-9,11-12,14H2,1-2H3. The number of nitro groups is 1. The first-order chi connectivity index (χ1) is 14.3. The highest BCUT2D eigenvalue weighted by atomic mass is 16.6. The summed E-state index contributed by atoms with van der Waals surface area (Å²) >= 11 is 0. The van der Waals surface area contributed by atoms with E-state index in [4.69, 9.17) is 4.74 Å². The number of ether oxygens (including phenoxy) is 1. The lowest BCUT2D eigenvalue weighted by Crippen LogP contribution is -2.38. The van der Waals surface area contributed by atoms with Gasteiger partial charge in [0.05, 0.1) is 17.2 Å². The van der Waals surface area contributed by atoms with E-state index in [1.54, 1.807) is 34.2 Å². The zero-order valence-corrected chi connectivity index (χ0v) is 17.1. The van der Waals surface area contributed by atoms with Gasteiger partial charge in [-0.15, -0.1) is 0 Å². The summed E-state index contributed by atoms with van der Waals surface area (Å²) in [7, 11) is 0. The van der Waals surface area contributed by atoms with Gasteiger partial charge in [-0.2, -0.15) is 5.10 Å². The molecule has 30 heavy (non-hydrogen) atoms. The van der Waals surface area contributed by atoms with E-state index in [1.807, 2.05) is 13.8 Å². The van der Waals surface area contributed by atoms with Crippen molar-refractivity contribution >= 4 is 17.7 Å². The van der Waals surface area contributed by atoms with Gasteiger partial charge in [0.2, 0.25) is 0 Å². The maximum absolute atomic E-state index is 12.9. The van der Waals surface area contributed by atoms with Gasteiger partial charge < -0.3 is 14.5 Å². The second-order valence-corrected chi connectivity index (χ2v) is 7.53. The lowest BCUT2D eigenvalue weighted by Gasteiger charge is -2.21. The summed E-state index contributed by atoms with van der Waals surface area (Å²) in [6.45, 7) is 6.14. The van der Waals surface area contributed by atoms with Crippen LogP contribution in [0.15, 0.2) is 36.5 Å². The fourth-order valence-electron chi connectivity index (χ4n) is 3.13. The van der Waals surface area contributed by atoms with Crippen molar-refractivity contribution in [2.75, 3.05) is 32.8 Å². The largest absolute Gasteiger partial charge is 0.449 e. The van der Waals surface area contributed by atoms with Crippen LogP contribution in [0.5, 0.6) is 0 Å². The number of aromatic nitrogens is 2. The van der Waals surface area contributed by atoms with Crippen molar-refractivity contribution in [3.8, 4) is 5.69 Å². The van der Waals surface area contributed by atoms with Gasteiger partial charge in [-0.1, -0.05) is 19.9 Å². The van der Waals surface area contributed by atoms with Gasteiger partial charge in [-0.05, 0) is 24.5 Å². The zero-order chi connectivity index (χ0) is 21.7. The molecule has 2 amide bonds. The SMILES string of the molecule is CC(C)COC(=O)N1CCCN(C(=O)c2ccn(-c3cccc([N+](=O)[O-])c3)n2)CC1. The molecule has 0 unspecified atom stereocenters. The maximum atomic E-state index is 12.9. The smallest absolute Gasteiger partial charge is 0.409 e. The van der Waals surface area contributed by atoms with Crippen molar-refractivity contribution in [3.05, 3.63) is 52.3 Å². The third-order valence-electron chi connectivity index (χ3n) is 4.69. The minimum atomic E-state index is -0.478. The molecule has 1 aliphatic rings. The zero-order valence-electron chi connectivity index (χ0n) is 17.1. The van der Waals surface area contributed by atoms with E-state index >= 15 is 0 Å². The van der Waals surface area contributed by atoms with Crippen LogP contribution in [-0.2, 0) is 4.74 Å². The summed E-state index contributed by atoms with van der Waals surface area (Å²) in [6.07, 6.45) is 1.89. The molecule has 10 heteroatoms. The second-order valence-electron chi connectivity index (χ2n) is 7.53. The van der Waals surface area contributed by atoms with Gasteiger partial charge in [0.15, 0.2) is 5.69 Å². The van der Waals surface area contributed by atoms with Gasteiger partial charge in [-0.3, -0.25) is 14.9 Å². The minimum Gasteiger partial charge on any atom is -0.449 e. The number of carbonyl (C=O) groups excluding carboxylic acids is 2. The van der Waals surface area contributed by atoms with Crippen molar-refractivity contribution < 1.29 is 19.2 Å². The van der Waals surface area contributed by atoms with Crippen LogP contribution in [0.2, 0.25) is 0 Å². The summed E-state index contributed by atoms with van der Waals surface area (Å²) in [5.41, 5.74) is 0.698. The number of hydrogen-bond donors (Lipinski definition) is 0. The van der Waals surface area contributed by atoms with Crippen molar-refractivity contribution in [2.24, 2.45) is 5.92 Å². The van der Waals surface area contributed by atoms with Crippen molar-refractivity contribution in [2.45, 2.75) is 20.3 Å². The molecular formula is C20H25N5O5. The number of benzene rings is 1. The number of carbonyl (C=O) groups is 2. The molecule has 2 aromatic rings. The van der Waals surface area contributed by atoms with Gasteiger partial charge in [-0.25, -0.2) is 9.48 Å². The van der Waals surface area contributed by atoms with Crippen molar-refractivity contribution in [1.82, 2.24) is 19.6 Å². The molecule has 1 fully saturated rings. The lowest BCUT2D eigenvalue weighted by molar-refractivity contribution is -0.384. The van der Waals surface area contributed by atoms with Crippen molar-refractivity contribution in [3.63, 3.8) is 0 Å². The third-order valence-corrected chi connectivity index (χ3v) is 4.69. The highest BCUT2D eigenvalue weighted by Crippen LogP contribution is 2.17. The van der Waals surface area contributed by atoms with E-state index in [2.05, 4.69) is 5.10 Å². The molecule has 3 rings (SSSR count). The summed E-state index contributed by atoms with van der Waals surface area (Å²) in [5, 5.41) is 15.3. The topological polar surface area (TPSA) is 111 Å². The molecule has 0 atom stereocenters. The molecule has 0 N–H and O–H groups in total. The average Bonchev–Trinajstić information content (AvgIpc) is 3.09. The van der Waals surface area contributed by atoms with Gasteiger partial charge >= 0.3 is 6.09 Å². The Morgan fingerprint density at radius 1 is 1.17 bits per heavy atom. The van der Waals surface area contributed by atoms with E-state index in [0.717, 1.165) is 0 Å². The lowest BCUT2D eigenvalue weighted by atomic mass is 10.2. The number of non-ortho nitro benzene ring substituents is 1. The highest BCUT2D eigenvalue weighted by Gasteiger charge is 2.25. The molecule has 1 aliphatic heterocycles. The second kappa shape index (κ2) is 9.38. The van der Waals surface area contributed by atoms with Gasteiger partial charge in [0, 0.05) is 44.5 Å². The Hall–Kier alpha value is -3.43. The Morgan fingerprint density at radius 3 is 2.63 bits per heavy atom. The van der Waals surface area contributed by atoms with E-state index in [9.17, 15) is 19.7 Å². The first-order valence-corrected chi connectivity index (χ1v) is 9.86. The van der Waals surface area contributed by atoms with Gasteiger partial charge in [0.25, 0.3) is 11.6 Å². The molecule has 0 saturated carbocycles. The normalized spacial score (nSPS) is 14.5. The molecule has 0 bridgehead atoms.